The van der Waals surface area contributed by atoms with E-state index in [0.29, 0.717) is 13.0 Å². The monoisotopic (exact) mass is 719 g/mol. The van der Waals surface area contributed by atoms with E-state index in [4.69, 9.17) is 9.84 Å². The van der Waals surface area contributed by atoms with Gasteiger partial charge in [-0.15, -0.1) is 0 Å². The molecule has 8 nitrogen and oxygen atoms in total. The Morgan fingerprint density at radius 1 is 0.865 bits per heavy atom. The van der Waals surface area contributed by atoms with Crippen molar-refractivity contribution >= 4 is 41.4 Å². The smallest absolute Gasteiger partial charge is 0.307 e. The van der Waals surface area contributed by atoms with E-state index in [9.17, 15) is 14.7 Å². The van der Waals surface area contributed by atoms with Gasteiger partial charge < -0.3 is 29.9 Å². The molecule has 9 heteroatoms. The number of amides is 1. The summed E-state index contributed by atoms with van der Waals surface area (Å²) in [5.74, 6) is 0.851. The molecule has 5 aromatic rings. The van der Waals surface area contributed by atoms with Crippen molar-refractivity contribution in [1.82, 2.24) is 0 Å². The summed E-state index contributed by atoms with van der Waals surface area (Å²) in [6, 6.07) is 31.8. The topological polar surface area (TPSA) is 111 Å². The first-order chi connectivity index (χ1) is 24.7. The first-order valence-electron chi connectivity index (χ1n) is 17.1. The second-order valence-corrected chi connectivity index (χ2v) is 14.3. The number of aryl methyl sites for hydroxylation is 1. The number of carbonyl (C=O) groups is 2. The minimum atomic E-state index is -0.842. The van der Waals surface area contributed by atoms with Crippen molar-refractivity contribution < 1.29 is 24.5 Å². The lowest BCUT2D eigenvalue weighted by molar-refractivity contribution is -0.136. The minimum Gasteiger partial charge on any atom is -0.481 e. The molecule has 1 aliphatic rings. The molecule has 0 fully saturated rings. The number of aliphatic hydroxyl groups is 1. The molecule has 0 saturated carbocycles. The van der Waals surface area contributed by atoms with E-state index < -0.39 is 11.6 Å². The lowest BCUT2D eigenvalue weighted by Gasteiger charge is -2.36. The van der Waals surface area contributed by atoms with Crippen molar-refractivity contribution in [3.8, 4) is 33.8 Å². The molecule has 4 N–H and O–H groups in total. The maximum absolute atomic E-state index is 11.8. The number of benzene rings is 5. The standard InChI is InChI=1S/C26H26N2O3S.C13H13NO.C4H10O/c1-15-5-7-18(8-6-15)24-17(3)25-22-11-20(27-14-29)10-9-19(22)13-28(32-4)26(25)16(2)21(24)12-23(30)31;1-14-11-6-5-9-13(10-11)15-12-7-3-2-4-8-12;1-4(2,3)5/h5-11,14H,12-13H2,1-4H3,(H,27,29)(H,30,31);2-10,14H,1H3;5H,1-3H3. The molecule has 0 saturated heterocycles. The van der Waals surface area contributed by atoms with Crippen LogP contribution in [0.1, 0.15) is 48.6 Å². The molecule has 6 rings (SSSR count). The number of carboxylic acids is 1. The van der Waals surface area contributed by atoms with Gasteiger partial charge in [-0.05, 0) is 117 Å². The van der Waals surface area contributed by atoms with E-state index in [-0.39, 0.29) is 6.42 Å². The largest absolute Gasteiger partial charge is 0.481 e. The van der Waals surface area contributed by atoms with Crippen LogP contribution in [-0.4, -0.2) is 41.5 Å². The van der Waals surface area contributed by atoms with Crippen molar-refractivity contribution in [1.29, 1.82) is 0 Å². The number of nitrogens with zero attached hydrogens (tertiary/aromatic N) is 1. The fourth-order valence-corrected chi connectivity index (χ4v) is 6.68. The van der Waals surface area contributed by atoms with E-state index in [1.54, 1.807) is 32.7 Å². The van der Waals surface area contributed by atoms with E-state index in [2.05, 4.69) is 52.2 Å². The Hall–Kier alpha value is -5.25. The molecule has 0 unspecified atom stereocenters. The lowest BCUT2D eigenvalue weighted by Crippen LogP contribution is -2.22. The highest BCUT2D eigenvalue weighted by Crippen LogP contribution is 2.50. The van der Waals surface area contributed by atoms with Gasteiger partial charge in [0.2, 0.25) is 6.41 Å². The first-order valence-corrected chi connectivity index (χ1v) is 18.2. The van der Waals surface area contributed by atoms with Gasteiger partial charge in [0.1, 0.15) is 11.5 Å². The number of carbonyl (C=O) groups excluding carboxylic acids is 1. The van der Waals surface area contributed by atoms with Gasteiger partial charge in [0.05, 0.1) is 24.3 Å². The van der Waals surface area contributed by atoms with Gasteiger partial charge >= 0.3 is 5.97 Å². The van der Waals surface area contributed by atoms with Gasteiger partial charge in [-0.1, -0.05) is 72.1 Å². The quantitative estimate of drug-likeness (QED) is 0.0880. The van der Waals surface area contributed by atoms with Crippen LogP contribution in [0.5, 0.6) is 11.5 Å². The minimum absolute atomic E-state index is 0.0367. The van der Waals surface area contributed by atoms with Gasteiger partial charge in [0.25, 0.3) is 0 Å². The third-order valence-corrected chi connectivity index (χ3v) is 9.01. The average Bonchev–Trinajstić information content (AvgIpc) is 3.10. The molecular formula is C43H49N3O5S. The van der Waals surface area contributed by atoms with Crippen molar-refractivity contribution in [2.24, 2.45) is 0 Å². The van der Waals surface area contributed by atoms with Gasteiger partial charge in [0.15, 0.2) is 0 Å². The molecule has 0 atom stereocenters. The Morgan fingerprint density at radius 2 is 1.52 bits per heavy atom. The molecule has 0 bridgehead atoms. The van der Waals surface area contributed by atoms with Crippen LogP contribution in [0.2, 0.25) is 0 Å². The number of hydrogen-bond donors (Lipinski definition) is 4. The van der Waals surface area contributed by atoms with Crippen LogP contribution in [0, 0.1) is 20.8 Å². The second kappa shape index (κ2) is 17.8. The van der Waals surface area contributed by atoms with Gasteiger partial charge in [-0.25, -0.2) is 0 Å². The number of rotatable bonds is 9. The maximum Gasteiger partial charge on any atom is 0.307 e. The second-order valence-electron chi connectivity index (χ2n) is 13.5. The predicted molar refractivity (Wildman–Crippen MR) is 217 cm³/mol. The molecule has 0 radical (unpaired) electrons. The number of aliphatic carboxylic acids is 1. The highest BCUT2D eigenvalue weighted by Gasteiger charge is 2.30. The van der Waals surface area contributed by atoms with Crippen LogP contribution >= 0.6 is 11.9 Å². The normalized spacial score (nSPS) is 11.4. The fourth-order valence-electron chi connectivity index (χ4n) is 6.01. The average molecular weight is 720 g/mol. The molecular weight excluding hydrogens is 671 g/mol. The molecule has 0 spiro atoms. The first kappa shape index (κ1) is 39.5. The Labute approximate surface area is 312 Å². The SMILES string of the molecule is CC(C)(C)O.CNc1cccc(Oc2ccccc2)c1.CSN1Cc2ccc(NC=O)cc2-c2c(C)c(-c3ccc(C)cc3)c(CC(=O)O)c(C)c21. The van der Waals surface area contributed by atoms with Crippen molar-refractivity contribution in [3.05, 3.63) is 125 Å². The van der Waals surface area contributed by atoms with Crippen molar-refractivity contribution in [2.45, 2.75) is 60.1 Å². The van der Waals surface area contributed by atoms with Crippen molar-refractivity contribution in [3.63, 3.8) is 0 Å². The molecule has 1 aliphatic heterocycles. The van der Waals surface area contributed by atoms with Gasteiger partial charge in [-0.3, -0.25) is 9.59 Å². The summed E-state index contributed by atoms with van der Waals surface area (Å²) >= 11 is 1.63. The van der Waals surface area contributed by atoms with E-state index in [1.165, 1.54) is 5.56 Å². The third-order valence-electron chi connectivity index (χ3n) is 8.25. The number of ether oxygens (including phenoxy) is 1. The summed E-state index contributed by atoms with van der Waals surface area (Å²) in [7, 11) is 1.89. The van der Waals surface area contributed by atoms with E-state index in [1.807, 2.05) is 93.9 Å². The number of fused-ring (bicyclic) bond motifs is 3. The summed E-state index contributed by atoms with van der Waals surface area (Å²) in [6.45, 7) is 12.1. The summed E-state index contributed by atoms with van der Waals surface area (Å²) in [6.07, 6.45) is 2.69. The Kier molecular flexibility index (Phi) is 13.5. The highest BCUT2D eigenvalue weighted by molar-refractivity contribution is 7.99. The molecule has 0 aromatic heterocycles. The number of para-hydroxylation sites is 1. The Balaban J connectivity index is 0.000000249. The van der Waals surface area contributed by atoms with Crippen LogP contribution < -0.4 is 19.7 Å². The fraction of sp³-hybridized carbons (Fsp3) is 0.256. The molecule has 1 amide bonds. The lowest BCUT2D eigenvalue weighted by atomic mass is 9.81. The predicted octanol–water partition coefficient (Wildman–Crippen LogP) is 10.0. The maximum atomic E-state index is 11.8. The number of anilines is 3. The number of carboxylic acid groups (broad SMARTS) is 1. The summed E-state index contributed by atoms with van der Waals surface area (Å²) in [5, 5.41) is 24.1. The van der Waals surface area contributed by atoms with Crippen LogP contribution in [0.25, 0.3) is 22.3 Å². The van der Waals surface area contributed by atoms with Crippen LogP contribution in [0.15, 0.2) is 97.1 Å². The summed E-state index contributed by atoms with van der Waals surface area (Å²) < 4.78 is 7.91. The summed E-state index contributed by atoms with van der Waals surface area (Å²) in [5.41, 5.74) is 11.7. The number of hydrogen-bond acceptors (Lipinski definition) is 7. The summed E-state index contributed by atoms with van der Waals surface area (Å²) in [4.78, 5) is 22.9. The number of nitrogens with one attached hydrogen (secondary N) is 2. The molecule has 1 heterocycles. The zero-order chi connectivity index (χ0) is 38.0. The zero-order valence-electron chi connectivity index (χ0n) is 31.2. The highest BCUT2D eigenvalue weighted by atomic mass is 32.2. The molecule has 0 aliphatic carbocycles. The van der Waals surface area contributed by atoms with Gasteiger partial charge in [-0.2, -0.15) is 0 Å². The molecule has 272 valence electrons. The van der Waals surface area contributed by atoms with Crippen LogP contribution in [0.3, 0.4) is 0 Å². The van der Waals surface area contributed by atoms with Crippen LogP contribution in [0.4, 0.5) is 17.1 Å². The zero-order valence-corrected chi connectivity index (χ0v) is 32.0. The van der Waals surface area contributed by atoms with Crippen molar-refractivity contribution in [2.75, 3.05) is 28.2 Å². The third kappa shape index (κ3) is 10.4. The van der Waals surface area contributed by atoms with E-state index >= 15 is 0 Å². The van der Waals surface area contributed by atoms with E-state index in [0.717, 1.165) is 73.1 Å². The Bertz CT molecular complexity index is 1980. The Morgan fingerprint density at radius 3 is 2.12 bits per heavy atom. The molecule has 5 aromatic carbocycles. The van der Waals surface area contributed by atoms with Gasteiger partial charge in [0, 0.05) is 36.3 Å². The van der Waals surface area contributed by atoms with Crippen LogP contribution in [-0.2, 0) is 22.6 Å². The molecule has 52 heavy (non-hydrogen) atoms.